The molecule has 1 N–H and O–H groups in total. The van der Waals surface area contributed by atoms with Crippen LogP contribution in [-0.2, 0) is 9.47 Å². The van der Waals surface area contributed by atoms with Gasteiger partial charge in [-0.25, -0.2) is 0 Å². The number of allylic oxidation sites excluding steroid dienone is 1. The molecule has 0 spiro atoms. The van der Waals surface area contributed by atoms with Crippen LogP contribution in [0.2, 0.25) is 0 Å². The summed E-state index contributed by atoms with van der Waals surface area (Å²) in [5.41, 5.74) is -0.824. The highest BCUT2D eigenvalue weighted by Gasteiger charge is 2.31. The molecule has 0 aromatic rings. The third-order valence-corrected chi connectivity index (χ3v) is 1.62. The monoisotopic (exact) mass is 200 g/mol. The summed E-state index contributed by atoms with van der Waals surface area (Å²) in [6.45, 7) is 14.3. The lowest BCUT2D eigenvalue weighted by molar-refractivity contribution is -0.219. The molecule has 0 saturated heterocycles. The molecule has 3 heteroatoms. The predicted octanol–water partition coefficient (Wildman–Crippen LogP) is 2.22. The van der Waals surface area contributed by atoms with E-state index in [-0.39, 0.29) is 6.10 Å². The van der Waals surface area contributed by atoms with Gasteiger partial charge in [-0.05, 0) is 33.8 Å². The molecule has 14 heavy (non-hydrogen) atoms. The van der Waals surface area contributed by atoms with Crippen molar-refractivity contribution in [3.05, 3.63) is 25.0 Å². The van der Waals surface area contributed by atoms with Gasteiger partial charge in [-0.15, -0.1) is 0 Å². The maximum atomic E-state index is 9.67. The summed E-state index contributed by atoms with van der Waals surface area (Å²) in [5.74, 6) is 0.418. The average Bonchev–Trinajstić information content (AvgIpc) is 2.02. The first-order valence-electron chi connectivity index (χ1n) is 4.63. The summed E-state index contributed by atoms with van der Waals surface area (Å²) in [7, 11) is 0. The highest BCUT2D eigenvalue weighted by atomic mass is 16.6. The van der Waals surface area contributed by atoms with Crippen molar-refractivity contribution in [1.29, 1.82) is 0 Å². The van der Waals surface area contributed by atoms with E-state index in [4.69, 9.17) is 9.47 Å². The van der Waals surface area contributed by atoms with Gasteiger partial charge in [0, 0.05) is 0 Å². The zero-order chi connectivity index (χ0) is 11.4. The minimum absolute atomic E-state index is 0.0510. The molecule has 0 aliphatic rings. The van der Waals surface area contributed by atoms with Gasteiger partial charge >= 0.3 is 0 Å². The van der Waals surface area contributed by atoms with Gasteiger partial charge in [-0.3, -0.25) is 0 Å². The van der Waals surface area contributed by atoms with Gasteiger partial charge in [0.05, 0.1) is 6.10 Å². The van der Waals surface area contributed by atoms with Crippen LogP contribution >= 0.6 is 0 Å². The molecule has 0 rings (SSSR count). The van der Waals surface area contributed by atoms with Gasteiger partial charge in [-0.2, -0.15) is 0 Å². The number of ether oxygens (including phenoxy) is 2. The summed E-state index contributed by atoms with van der Waals surface area (Å²) in [4.78, 5) is 0. The molecule has 0 heterocycles. The molecule has 0 aliphatic carbocycles. The van der Waals surface area contributed by atoms with Crippen LogP contribution in [0, 0.1) is 0 Å². The lowest BCUT2D eigenvalue weighted by Crippen LogP contribution is -2.41. The second-order valence-electron chi connectivity index (χ2n) is 3.91. The molecule has 0 fully saturated rings. The van der Waals surface area contributed by atoms with Gasteiger partial charge in [0.15, 0.2) is 11.9 Å². The molecule has 0 bridgehead atoms. The van der Waals surface area contributed by atoms with Gasteiger partial charge in [0.1, 0.15) is 5.76 Å². The van der Waals surface area contributed by atoms with Crippen LogP contribution in [0.1, 0.15) is 27.7 Å². The van der Waals surface area contributed by atoms with E-state index in [0.29, 0.717) is 5.76 Å². The summed E-state index contributed by atoms with van der Waals surface area (Å²) in [6, 6.07) is 0. The molecule has 1 unspecified atom stereocenters. The van der Waals surface area contributed by atoms with Crippen LogP contribution in [-0.4, -0.2) is 23.1 Å². The molecular weight excluding hydrogens is 180 g/mol. The van der Waals surface area contributed by atoms with Crippen molar-refractivity contribution < 1.29 is 14.6 Å². The van der Waals surface area contributed by atoms with E-state index in [2.05, 4.69) is 13.2 Å². The lowest BCUT2D eigenvalue weighted by atomic mass is 10.1. The zero-order valence-corrected chi connectivity index (χ0v) is 9.41. The highest BCUT2D eigenvalue weighted by molar-refractivity contribution is 5.03. The summed E-state index contributed by atoms with van der Waals surface area (Å²) < 4.78 is 10.6. The number of rotatable bonds is 6. The maximum absolute atomic E-state index is 9.67. The first-order valence-corrected chi connectivity index (χ1v) is 4.63. The Kier molecular flexibility index (Phi) is 4.88. The van der Waals surface area contributed by atoms with Crippen molar-refractivity contribution in [3.8, 4) is 0 Å². The zero-order valence-electron chi connectivity index (χ0n) is 9.41. The molecule has 0 saturated carbocycles. The van der Waals surface area contributed by atoms with Crippen LogP contribution in [0.4, 0.5) is 0 Å². The molecular formula is C11H20O3. The van der Waals surface area contributed by atoms with Crippen LogP contribution < -0.4 is 0 Å². The Morgan fingerprint density at radius 3 is 2.29 bits per heavy atom. The Morgan fingerprint density at radius 2 is 1.93 bits per heavy atom. The van der Waals surface area contributed by atoms with Crippen LogP contribution in [0.25, 0.3) is 0 Å². The van der Waals surface area contributed by atoms with Gasteiger partial charge in [0.25, 0.3) is 0 Å². The minimum Gasteiger partial charge on any atom is -0.483 e. The van der Waals surface area contributed by atoms with E-state index in [9.17, 15) is 5.11 Å². The third kappa shape index (κ3) is 4.44. The molecule has 0 amide bonds. The van der Waals surface area contributed by atoms with Crippen molar-refractivity contribution in [2.75, 3.05) is 0 Å². The fourth-order valence-electron chi connectivity index (χ4n) is 0.852. The fraction of sp³-hybridized carbons (Fsp3) is 0.636. The van der Waals surface area contributed by atoms with Crippen molar-refractivity contribution in [2.45, 2.75) is 45.7 Å². The summed E-state index contributed by atoms with van der Waals surface area (Å²) in [6.07, 6.45) is 0.452. The molecule has 0 aromatic heterocycles. The van der Waals surface area contributed by atoms with Crippen molar-refractivity contribution >= 4 is 0 Å². The van der Waals surface area contributed by atoms with Gasteiger partial charge < -0.3 is 14.6 Å². The maximum Gasteiger partial charge on any atom is 0.194 e. The highest BCUT2D eigenvalue weighted by Crippen LogP contribution is 2.20. The summed E-state index contributed by atoms with van der Waals surface area (Å²) >= 11 is 0. The predicted molar refractivity (Wildman–Crippen MR) is 56.7 cm³/mol. The minimum atomic E-state index is -0.987. The number of hydrogen-bond acceptors (Lipinski definition) is 3. The molecule has 0 radical (unpaired) electrons. The Hall–Kier alpha value is -0.800. The number of aliphatic hydroxyl groups is 1. The van der Waals surface area contributed by atoms with E-state index in [1.54, 1.807) is 13.8 Å². The first kappa shape index (κ1) is 13.2. The van der Waals surface area contributed by atoms with E-state index in [1.807, 2.05) is 13.8 Å². The van der Waals surface area contributed by atoms with Crippen LogP contribution in [0.15, 0.2) is 25.0 Å². The smallest absolute Gasteiger partial charge is 0.194 e. The topological polar surface area (TPSA) is 38.7 Å². The lowest BCUT2D eigenvalue weighted by Gasteiger charge is -2.32. The van der Waals surface area contributed by atoms with Gasteiger partial charge in [0.2, 0.25) is 0 Å². The van der Waals surface area contributed by atoms with Crippen molar-refractivity contribution in [2.24, 2.45) is 0 Å². The first-order chi connectivity index (χ1) is 6.29. The Labute approximate surface area is 86.0 Å². The largest absolute Gasteiger partial charge is 0.483 e. The molecule has 0 aliphatic heterocycles. The van der Waals surface area contributed by atoms with E-state index < -0.39 is 11.9 Å². The summed E-state index contributed by atoms with van der Waals surface area (Å²) in [5, 5.41) is 9.67. The van der Waals surface area contributed by atoms with E-state index >= 15 is 0 Å². The van der Waals surface area contributed by atoms with E-state index in [0.717, 1.165) is 0 Å². The normalized spacial score (nSPS) is 13.9. The third-order valence-electron chi connectivity index (χ3n) is 1.62. The van der Waals surface area contributed by atoms with Gasteiger partial charge in [-0.1, -0.05) is 13.2 Å². The average molecular weight is 200 g/mol. The fourth-order valence-corrected chi connectivity index (χ4v) is 0.852. The Morgan fingerprint density at radius 1 is 1.43 bits per heavy atom. The second kappa shape index (κ2) is 5.17. The standard InChI is InChI=1S/C11H20O3/c1-7-9(4)14-11(5,6)10(12)13-8(2)3/h7-8,10,12H,1,4H2,2-3,5-6H3. The number of aliphatic hydroxyl groups excluding tert-OH is 1. The quantitative estimate of drug-likeness (QED) is 0.406. The van der Waals surface area contributed by atoms with E-state index in [1.165, 1.54) is 6.08 Å². The van der Waals surface area contributed by atoms with Crippen molar-refractivity contribution in [1.82, 2.24) is 0 Å². The molecule has 82 valence electrons. The number of hydrogen-bond donors (Lipinski definition) is 1. The molecule has 0 aromatic carbocycles. The second-order valence-corrected chi connectivity index (χ2v) is 3.91. The van der Waals surface area contributed by atoms with Crippen molar-refractivity contribution in [3.63, 3.8) is 0 Å². The Balaban J connectivity index is 4.28. The molecule has 3 nitrogen and oxygen atoms in total. The molecule has 1 atom stereocenters. The van der Waals surface area contributed by atoms with Crippen LogP contribution in [0.3, 0.4) is 0 Å². The van der Waals surface area contributed by atoms with Crippen LogP contribution in [0.5, 0.6) is 0 Å². The Bertz CT molecular complexity index is 207. The SMILES string of the molecule is C=CC(=C)OC(C)(C)C(O)OC(C)C.